The van der Waals surface area contributed by atoms with Crippen LogP contribution in [0.3, 0.4) is 0 Å². The van der Waals surface area contributed by atoms with Gasteiger partial charge in [-0.3, -0.25) is 9.12 Å². The van der Waals surface area contributed by atoms with E-state index in [0.717, 1.165) is 6.66 Å². The molecule has 0 saturated heterocycles. The van der Waals surface area contributed by atoms with Gasteiger partial charge in [-0.25, -0.2) is 0 Å². The quantitative estimate of drug-likeness (QED) is 0.385. The van der Waals surface area contributed by atoms with Crippen LogP contribution in [-0.4, -0.2) is 36.9 Å². The first kappa shape index (κ1) is 12.1. The van der Waals surface area contributed by atoms with Crippen molar-refractivity contribution in [2.24, 2.45) is 0 Å². The summed E-state index contributed by atoms with van der Waals surface area (Å²) in [5.41, 5.74) is 0. The van der Waals surface area contributed by atoms with Gasteiger partial charge in [0.25, 0.3) is 10.1 Å². The zero-order valence-electron chi connectivity index (χ0n) is 6.50. The van der Waals surface area contributed by atoms with Crippen LogP contribution in [0.5, 0.6) is 0 Å². The van der Waals surface area contributed by atoms with Gasteiger partial charge in [0.1, 0.15) is 0 Å². The van der Waals surface area contributed by atoms with E-state index in [4.69, 9.17) is 9.45 Å². The van der Waals surface area contributed by atoms with Gasteiger partial charge in [0.15, 0.2) is 0 Å². The molecule has 2 N–H and O–H groups in total. The van der Waals surface area contributed by atoms with Gasteiger partial charge < -0.3 is 9.42 Å². The van der Waals surface area contributed by atoms with Crippen molar-refractivity contribution < 1.29 is 27.0 Å². The van der Waals surface area contributed by atoms with E-state index in [1.54, 1.807) is 0 Å². The zero-order chi connectivity index (χ0) is 9.83. The molecule has 0 aliphatic rings. The van der Waals surface area contributed by atoms with Gasteiger partial charge in [-0.2, -0.15) is 8.42 Å². The Morgan fingerprint density at radius 3 is 2.33 bits per heavy atom. The highest BCUT2D eigenvalue weighted by Crippen LogP contribution is 2.36. The lowest BCUT2D eigenvalue weighted by Crippen LogP contribution is -2.06. The second kappa shape index (κ2) is 4.34. The Morgan fingerprint density at radius 2 is 2.00 bits per heavy atom. The molecule has 6 nitrogen and oxygen atoms in total. The van der Waals surface area contributed by atoms with E-state index in [1.165, 1.54) is 0 Å². The maximum Gasteiger partial charge on any atom is 0.325 e. The standard InChI is InChI=1S/C4H11O6PS/c1-11(5,6)10-3-2-4-12(7,8)9/h2-4H2,1H3,(H,5,6)(H,7,8,9). The first-order valence-electron chi connectivity index (χ1n) is 3.11. The molecule has 0 saturated carbocycles. The molecular weight excluding hydrogens is 207 g/mol. The third-order valence-electron chi connectivity index (χ3n) is 0.877. The van der Waals surface area contributed by atoms with Crippen LogP contribution in [0.15, 0.2) is 0 Å². The maximum absolute atomic E-state index is 10.5. The molecule has 0 aliphatic carbocycles. The summed E-state index contributed by atoms with van der Waals surface area (Å²) in [6.45, 7) is 0.838. The maximum atomic E-state index is 10.5. The minimum Gasteiger partial charge on any atom is -0.324 e. The molecule has 0 rings (SSSR count). The molecule has 0 aromatic carbocycles. The van der Waals surface area contributed by atoms with Crippen LogP contribution in [-0.2, 0) is 19.2 Å². The van der Waals surface area contributed by atoms with Crippen molar-refractivity contribution in [3.05, 3.63) is 0 Å². The molecule has 8 heteroatoms. The highest BCUT2D eigenvalue weighted by molar-refractivity contribution is 7.85. The number of hydrogen-bond donors (Lipinski definition) is 2. The Balaban J connectivity index is 3.55. The van der Waals surface area contributed by atoms with Gasteiger partial charge >= 0.3 is 7.60 Å². The predicted molar refractivity (Wildman–Crippen MR) is 42.7 cm³/mol. The monoisotopic (exact) mass is 218 g/mol. The van der Waals surface area contributed by atoms with Gasteiger partial charge in [-0.05, 0) is 6.42 Å². The van der Waals surface area contributed by atoms with Gasteiger partial charge in [0, 0.05) is 6.66 Å². The lowest BCUT2D eigenvalue weighted by molar-refractivity contribution is 0.264. The van der Waals surface area contributed by atoms with Crippen molar-refractivity contribution in [3.8, 4) is 0 Å². The molecular formula is C4H11O6PS. The third-order valence-corrected chi connectivity index (χ3v) is 2.34. The fourth-order valence-corrected chi connectivity index (χ4v) is 1.43. The smallest absolute Gasteiger partial charge is 0.324 e. The summed E-state index contributed by atoms with van der Waals surface area (Å²) in [7, 11) is -7.52. The molecule has 12 heavy (non-hydrogen) atoms. The van der Waals surface area contributed by atoms with E-state index in [9.17, 15) is 13.0 Å². The second-order valence-electron chi connectivity index (χ2n) is 2.28. The summed E-state index contributed by atoms with van der Waals surface area (Å²) >= 11 is 0. The van der Waals surface area contributed by atoms with Crippen molar-refractivity contribution >= 4 is 17.7 Å². The highest BCUT2D eigenvalue weighted by atomic mass is 32.2. The molecule has 74 valence electrons. The summed E-state index contributed by atoms with van der Waals surface area (Å²) < 4.78 is 43.3. The highest BCUT2D eigenvalue weighted by Gasteiger charge is 2.10. The molecule has 0 heterocycles. The zero-order valence-corrected chi connectivity index (χ0v) is 8.22. The number of hydrogen-bond acceptors (Lipinski definition) is 4. The molecule has 1 unspecified atom stereocenters. The molecule has 0 spiro atoms. The number of rotatable bonds is 5. The SMILES string of the molecule is CP(=O)(O)OCCCS(=O)(=O)O. The molecule has 0 aromatic rings. The topological polar surface area (TPSA) is 101 Å². The average molecular weight is 218 g/mol. The molecule has 0 fully saturated rings. The van der Waals surface area contributed by atoms with Gasteiger partial charge in [0.2, 0.25) is 0 Å². The Morgan fingerprint density at radius 1 is 1.50 bits per heavy atom. The molecule has 0 aromatic heterocycles. The van der Waals surface area contributed by atoms with Gasteiger partial charge in [-0.15, -0.1) is 0 Å². The predicted octanol–water partition coefficient (Wildman–Crippen LogP) is 0.0961. The molecule has 1 atom stereocenters. The Kier molecular flexibility index (Phi) is 4.36. The van der Waals surface area contributed by atoms with Crippen LogP contribution in [0, 0.1) is 0 Å². The Hall–Kier alpha value is 0.0600. The third kappa shape index (κ3) is 10.1. The van der Waals surface area contributed by atoms with Crippen molar-refractivity contribution in [2.75, 3.05) is 19.0 Å². The van der Waals surface area contributed by atoms with E-state index in [2.05, 4.69) is 4.52 Å². The first-order valence-corrected chi connectivity index (χ1v) is 6.74. The minimum absolute atomic E-state index is 0.00275. The van der Waals surface area contributed by atoms with Crippen molar-refractivity contribution in [2.45, 2.75) is 6.42 Å². The van der Waals surface area contributed by atoms with Crippen LogP contribution >= 0.6 is 7.60 Å². The van der Waals surface area contributed by atoms with Crippen molar-refractivity contribution in [3.63, 3.8) is 0 Å². The van der Waals surface area contributed by atoms with Gasteiger partial charge in [0.05, 0.1) is 12.4 Å². The largest absolute Gasteiger partial charge is 0.325 e. The summed E-state index contributed by atoms with van der Waals surface area (Å²) in [4.78, 5) is 8.57. The second-order valence-corrected chi connectivity index (χ2v) is 5.71. The van der Waals surface area contributed by atoms with Gasteiger partial charge in [-0.1, -0.05) is 0 Å². The van der Waals surface area contributed by atoms with Crippen LogP contribution in [0.2, 0.25) is 0 Å². The van der Waals surface area contributed by atoms with Crippen LogP contribution in [0.25, 0.3) is 0 Å². The van der Waals surface area contributed by atoms with E-state index < -0.39 is 23.5 Å². The average Bonchev–Trinajstić information content (AvgIpc) is 1.76. The fourth-order valence-electron chi connectivity index (χ4n) is 0.475. The molecule has 0 amide bonds. The van der Waals surface area contributed by atoms with E-state index in [0.29, 0.717) is 0 Å². The molecule has 0 bridgehead atoms. The normalized spacial score (nSPS) is 17.2. The Bertz CT molecular complexity index is 263. The molecule has 0 radical (unpaired) electrons. The minimum atomic E-state index is -3.99. The van der Waals surface area contributed by atoms with Crippen LogP contribution < -0.4 is 0 Å². The lowest BCUT2D eigenvalue weighted by atomic mass is 10.5. The van der Waals surface area contributed by atoms with Crippen LogP contribution in [0.1, 0.15) is 6.42 Å². The summed E-state index contributed by atoms with van der Waals surface area (Å²) in [6.07, 6.45) is -0.00275. The van der Waals surface area contributed by atoms with Crippen LogP contribution in [0.4, 0.5) is 0 Å². The summed E-state index contributed by atoms with van der Waals surface area (Å²) in [5.74, 6) is -0.465. The Labute approximate surface area is 70.8 Å². The van der Waals surface area contributed by atoms with Crippen molar-refractivity contribution in [1.82, 2.24) is 0 Å². The lowest BCUT2D eigenvalue weighted by Gasteiger charge is -2.04. The van der Waals surface area contributed by atoms with E-state index >= 15 is 0 Å². The molecule has 0 aliphatic heterocycles. The summed E-state index contributed by atoms with van der Waals surface area (Å²) in [6, 6.07) is 0. The summed E-state index contributed by atoms with van der Waals surface area (Å²) in [5, 5.41) is 0. The fraction of sp³-hybridized carbons (Fsp3) is 1.00. The van der Waals surface area contributed by atoms with Crippen molar-refractivity contribution in [1.29, 1.82) is 0 Å². The first-order chi connectivity index (χ1) is 5.21. The van der Waals surface area contributed by atoms with E-state index in [1.807, 2.05) is 0 Å². The van der Waals surface area contributed by atoms with E-state index in [-0.39, 0.29) is 13.0 Å².